The zero-order chi connectivity index (χ0) is 36.0. The number of rotatable bonds is 4. The standard InChI is InChI=1S/C45H32N2O4S2/c1-45(2)36-21-25(26-19-34-30-7-5-6-8-38(30)47-43(34)35(20-26)31-17-18-52-44(31)47)9-15-41(36)53(48,49)42-16-10-27(22-37(42)45)46-39-13-11-28(50-3)23-32(39)33-24-29(51-4)12-14-40(33)46/h5-24H,1-4H3. The highest BCUT2D eigenvalue weighted by Crippen LogP contribution is 2.49. The van der Waals surface area contributed by atoms with Gasteiger partial charge >= 0.3 is 0 Å². The van der Waals surface area contributed by atoms with Crippen LogP contribution in [0.2, 0.25) is 0 Å². The van der Waals surface area contributed by atoms with Gasteiger partial charge in [-0.3, -0.25) is 4.40 Å². The fourth-order valence-electron chi connectivity index (χ4n) is 8.95. The molecule has 10 aromatic rings. The van der Waals surface area contributed by atoms with Crippen LogP contribution in [0, 0.1) is 0 Å². The van der Waals surface area contributed by atoms with Crippen LogP contribution < -0.4 is 9.47 Å². The summed E-state index contributed by atoms with van der Waals surface area (Å²) < 4.78 is 44.7. The average Bonchev–Trinajstić information content (AvgIpc) is 3.94. The first kappa shape index (κ1) is 30.8. The average molecular weight is 729 g/mol. The first-order chi connectivity index (χ1) is 25.7. The fraction of sp³-hybridized carbons (Fsp3) is 0.111. The number of hydrogen-bond donors (Lipinski definition) is 0. The Morgan fingerprint density at radius 2 is 1.23 bits per heavy atom. The Balaban J connectivity index is 1.12. The van der Waals surface area contributed by atoms with Crippen molar-refractivity contribution in [2.24, 2.45) is 0 Å². The number of ether oxygens (including phenoxy) is 2. The van der Waals surface area contributed by atoms with Crippen molar-refractivity contribution in [3.63, 3.8) is 0 Å². The molecule has 0 saturated heterocycles. The van der Waals surface area contributed by atoms with E-state index in [0.717, 1.165) is 61.2 Å². The minimum absolute atomic E-state index is 0.350. The van der Waals surface area contributed by atoms with Gasteiger partial charge in [0.2, 0.25) is 9.84 Å². The number of fused-ring (bicyclic) bond motifs is 11. The molecule has 0 bridgehead atoms. The molecule has 0 fully saturated rings. The lowest BCUT2D eigenvalue weighted by Crippen LogP contribution is -2.30. The molecule has 1 aliphatic heterocycles. The van der Waals surface area contributed by atoms with Crippen molar-refractivity contribution in [2.45, 2.75) is 29.1 Å². The Morgan fingerprint density at radius 1 is 0.585 bits per heavy atom. The monoisotopic (exact) mass is 728 g/mol. The predicted octanol–water partition coefficient (Wildman–Crippen LogP) is 11.2. The Morgan fingerprint density at radius 3 is 1.92 bits per heavy atom. The smallest absolute Gasteiger partial charge is 0.207 e. The molecule has 1 aliphatic rings. The van der Waals surface area contributed by atoms with Crippen LogP contribution in [0.4, 0.5) is 0 Å². The molecule has 0 saturated carbocycles. The second kappa shape index (κ2) is 10.4. The van der Waals surface area contributed by atoms with E-state index < -0.39 is 15.3 Å². The summed E-state index contributed by atoms with van der Waals surface area (Å²) in [6.07, 6.45) is 0. The number of thiophene rings is 1. The van der Waals surface area contributed by atoms with Gasteiger partial charge in [-0.2, -0.15) is 0 Å². The van der Waals surface area contributed by atoms with Gasteiger partial charge in [0, 0.05) is 43.4 Å². The van der Waals surface area contributed by atoms with Crippen molar-refractivity contribution >= 4 is 80.4 Å². The maximum atomic E-state index is 14.5. The Bertz CT molecular complexity index is 3250. The maximum absolute atomic E-state index is 14.5. The van der Waals surface area contributed by atoms with Gasteiger partial charge in [0.25, 0.3) is 0 Å². The van der Waals surface area contributed by atoms with Gasteiger partial charge in [0.1, 0.15) is 16.3 Å². The van der Waals surface area contributed by atoms with E-state index >= 15 is 0 Å². The third kappa shape index (κ3) is 3.94. The van der Waals surface area contributed by atoms with E-state index in [-0.39, 0.29) is 0 Å². The number of sulfone groups is 1. The van der Waals surface area contributed by atoms with Gasteiger partial charge in [-0.25, -0.2) is 8.42 Å². The largest absolute Gasteiger partial charge is 0.497 e. The molecule has 0 amide bonds. The molecule has 5 heterocycles. The highest BCUT2D eigenvalue weighted by molar-refractivity contribution is 7.91. The molecule has 6 aromatic carbocycles. The molecular weight excluding hydrogens is 697 g/mol. The topological polar surface area (TPSA) is 61.9 Å². The zero-order valence-corrected chi connectivity index (χ0v) is 31.0. The minimum atomic E-state index is -3.80. The van der Waals surface area contributed by atoms with Crippen molar-refractivity contribution in [3.05, 3.63) is 132 Å². The molecule has 4 aromatic heterocycles. The lowest BCUT2D eigenvalue weighted by atomic mass is 9.76. The van der Waals surface area contributed by atoms with E-state index in [0.29, 0.717) is 9.79 Å². The highest BCUT2D eigenvalue weighted by Gasteiger charge is 2.41. The summed E-state index contributed by atoms with van der Waals surface area (Å²) >= 11 is 1.76. The van der Waals surface area contributed by atoms with E-state index in [1.165, 1.54) is 37.4 Å². The van der Waals surface area contributed by atoms with Crippen LogP contribution in [-0.2, 0) is 15.3 Å². The van der Waals surface area contributed by atoms with E-state index in [1.54, 1.807) is 31.6 Å². The molecule has 0 N–H and O–H groups in total. The van der Waals surface area contributed by atoms with Crippen molar-refractivity contribution in [1.29, 1.82) is 0 Å². The van der Waals surface area contributed by atoms with E-state index in [1.807, 2.05) is 42.5 Å². The van der Waals surface area contributed by atoms with Crippen LogP contribution in [0.15, 0.2) is 130 Å². The Labute approximate surface area is 309 Å². The van der Waals surface area contributed by atoms with E-state index in [2.05, 4.69) is 94.9 Å². The molecule has 0 atom stereocenters. The Hall–Kier alpha value is -5.83. The molecule has 0 unspecified atom stereocenters. The van der Waals surface area contributed by atoms with E-state index in [4.69, 9.17) is 9.47 Å². The summed E-state index contributed by atoms with van der Waals surface area (Å²) in [6, 6.07) is 39.1. The van der Waals surface area contributed by atoms with Crippen molar-refractivity contribution in [2.75, 3.05) is 14.2 Å². The first-order valence-corrected chi connectivity index (χ1v) is 19.9. The second-order valence-corrected chi connectivity index (χ2v) is 17.3. The molecule has 0 aliphatic carbocycles. The van der Waals surface area contributed by atoms with Gasteiger partial charge in [-0.1, -0.05) is 38.1 Å². The van der Waals surface area contributed by atoms with Crippen LogP contribution in [0.3, 0.4) is 0 Å². The number of benzene rings is 6. The van der Waals surface area contributed by atoms with Crippen LogP contribution in [-0.4, -0.2) is 31.6 Å². The van der Waals surface area contributed by atoms with Gasteiger partial charge in [0.15, 0.2) is 0 Å². The normalized spacial score (nSPS) is 14.9. The number of para-hydroxylation sites is 1. The molecule has 258 valence electrons. The summed E-state index contributed by atoms with van der Waals surface area (Å²) in [5.74, 6) is 1.53. The first-order valence-electron chi connectivity index (χ1n) is 17.6. The second-order valence-electron chi connectivity index (χ2n) is 14.5. The van der Waals surface area contributed by atoms with Crippen LogP contribution >= 0.6 is 11.3 Å². The molecule has 0 radical (unpaired) electrons. The maximum Gasteiger partial charge on any atom is 0.207 e. The zero-order valence-electron chi connectivity index (χ0n) is 29.4. The van der Waals surface area contributed by atoms with Crippen LogP contribution in [0.25, 0.3) is 76.0 Å². The van der Waals surface area contributed by atoms with Crippen molar-refractivity contribution in [1.82, 2.24) is 8.97 Å². The summed E-state index contributed by atoms with van der Waals surface area (Å²) in [4.78, 5) is 1.96. The number of aromatic nitrogens is 2. The van der Waals surface area contributed by atoms with Gasteiger partial charge in [-0.05, 0) is 119 Å². The minimum Gasteiger partial charge on any atom is -0.497 e. The summed E-state index contributed by atoms with van der Waals surface area (Å²) in [7, 11) is -0.459. The summed E-state index contributed by atoms with van der Waals surface area (Å²) in [5, 5.41) is 9.09. The number of methoxy groups -OCH3 is 2. The lowest BCUT2D eigenvalue weighted by Gasteiger charge is -2.35. The number of hydrogen-bond acceptors (Lipinski definition) is 5. The quantitative estimate of drug-likeness (QED) is 0.181. The van der Waals surface area contributed by atoms with Crippen molar-refractivity contribution < 1.29 is 17.9 Å². The molecular formula is C45H32N2O4S2. The van der Waals surface area contributed by atoms with Gasteiger partial charge in [0.05, 0.1) is 46.1 Å². The third-order valence-electron chi connectivity index (χ3n) is 11.5. The molecule has 11 rings (SSSR count). The lowest BCUT2D eigenvalue weighted by molar-refractivity contribution is 0.415. The summed E-state index contributed by atoms with van der Waals surface area (Å²) in [5.41, 5.74) is 8.33. The Kier molecular flexibility index (Phi) is 6.04. The SMILES string of the molecule is COc1ccc2c(c1)c1cc(OC)ccc1n2-c1ccc2c(c1)C(C)(C)c1cc(-c3cc4c5ccccc5n5c6sccc6c(c3)c45)ccc1S2(=O)=O. The number of nitrogens with zero attached hydrogens (tertiary/aromatic N) is 2. The van der Waals surface area contributed by atoms with Crippen LogP contribution in [0.1, 0.15) is 25.0 Å². The van der Waals surface area contributed by atoms with Gasteiger partial charge in [-0.15, -0.1) is 11.3 Å². The molecule has 53 heavy (non-hydrogen) atoms. The molecule has 8 heteroatoms. The third-order valence-corrected chi connectivity index (χ3v) is 14.3. The fourth-order valence-corrected chi connectivity index (χ4v) is 11.8. The molecule has 6 nitrogen and oxygen atoms in total. The van der Waals surface area contributed by atoms with E-state index in [9.17, 15) is 8.42 Å². The predicted molar refractivity (Wildman–Crippen MR) is 216 cm³/mol. The molecule has 0 spiro atoms. The summed E-state index contributed by atoms with van der Waals surface area (Å²) in [6.45, 7) is 4.28. The van der Waals surface area contributed by atoms with Crippen molar-refractivity contribution in [3.8, 4) is 28.3 Å². The van der Waals surface area contributed by atoms with Crippen LogP contribution in [0.5, 0.6) is 11.5 Å². The van der Waals surface area contributed by atoms with Gasteiger partial charge < -0.3 is 14.0 Å². The highest BCUT2D eigenvalue weighted by atomic mass is 32.2.